The van der Waals surface area contributed by atoms with Crippen molar-refractivity contribution in [3.05, 3.63) is 29.8 Å². The molecule has 6 heteroatoms. The van der Waals surface area contributed by atoms with Crippen LogP contribution in [0, 0.1) is 0 Å². The van der Waals surface area contributed by atoms with E-state index in [4.69, 9.17) is 0 Å². The van der Waals surface area contributed by atoms with Crippen LogP contribution in [0.25, 0.3) is 0 Å². The van der Waals surface area contributed by atoms with E-state index in [1.807, 2.05) is 34.6 Å². The zero-order valence-electron chi connectivity index (χ0n) is 17.7. The Morgan fingerprint density at radius 2 is 1.52 bits per heavy atom. The van der Waals surface area contributed by atoms with Gasteiger partial charge in [-0.3, -0.25) is 4.79 Å². The Hall–Kier alpha value is -1.24. The first-order chi connectivity index (χ1) is 12.6. The normalized spacial score (nSPS) is 13.7. The molecule has 5 nitrogen and oxygen atoms in total. The lowest BCUT2D eigenvalue weighted by molar-refractivity contribution is 0.0919. The molecule has 1 rings (SSSR count). The minimum Gasteiger partial charge on any atom is -0.302 e. The molecule has 0 saturated heterocycles. The molecule has 1 aromatic carbocycles. The van der Waals surface area contributed by atoms with Crippen molar-refractivity contribution in [1.29, 1.82) is 0 Å². The molecule has 1 N–H and O–H groups in total. The van der Waals surface area contributed by atoms with Gasteiger partial charge in [-0.15, -0.1) is 0 Å². The number of rotatable bonds is 11. The van der Waals surface area contributed by atoms with Gasteiger partial charge in [-0.25, -0.2) is 8.42 Å². The predicted octanol–water partition coefficient (Wildman–Crippen LogP) is 4.24. The third-order valence-electron chi connectivity index (χ3n) is 4.22. The van der Waals surface area contributed by atoms with Gasteiger partial charge in [0, 0.05) is 24.2 Å². The highest BCUT2D eigenvalue weighted by molar-refractivity contribution is 7.89. The van der Waals surface area contributed by atoms with Crippen LogP contribution in [0.15, 0.2) is 29.2 Å². The molecule has 0 bridgehead atoms. The van der Waals surface area contributed by atoms with E-state index in [9.17, 15) is 13.2 Å². The Balaban J connectivity index is 3.07. The number of Topliss-reactive ketones (excluding diaryl/α,β-unsaturated/α-hetero) is 1. The van der Waals surface area contributed by atoms with E-state index in [-0.39, 0.29) is 22.3 Å². The molecule has 0 aromatic heterocycles. The fraction of sp³-hybridized carbons (Fsp3) is 0.667. The Kier molecular flexibility index (Phi) is 9.12. The van der Waals surface area contributed by atoms with E-state index in [2.05, 4.69) is 12.2 Å². The van der Waals surface area contributed by atoms with Crippen LogP contribution in [0.2, 0.25) is 0 Å². The number of nitrogens with one attached hydrogen (secondary N) is 1. The Morgan fingerprint density at radius 1 is 1.00 bits per heavy atom. The second kappa shape index (κ2) is 10.3. The predicted molar refractivity (Wildman–Crippen MR) is 112 cm³/mol. The van der Waals surface area contributed by atoms with Crippen molar-refractivity contribution < 1.29 is 13.2 Å². The molecule has 0 saturated carbocycles. The molecule has 0 fully saturated rings. The summed E-state index contributed by atoms with van der Waals surface area (Å²) < 4.78 is 27.2. The summed E-state index contributed by atoms with van der Waals surface area (Å²) in [5.74, 6) is 0.00898. The van der Waals surface area contributed by atoms with Crippen molar-refractivity contribution in [3.63, 3.8) is 0 Å². The number of carbonyl (C=O) groups excluding carboxylic acids is 1. The lowest BCUT2D eigenvalue weighted by Gasteiger charge is -2.27. The van der Waals surface area contributed by atoms with Crippen LogP contribution in [0.1, 0.15) is 77.6 Å². The van der Waals surface area contributed by atoms with Gasteiger partial charge in [0.05, 0.1) is 10.9 Å². The minimum atomic E-state index is -3.52. The van der Waals surface area contributed by atoms with Crippen molar-refractivity contribution in [2.45, 2.75) is 83.7 Å². The number of hydrogen-bond donors (Lipinski definition) is 1. The van der Waals surface area contributed by atoms with Gasteiger partial charge in [-0.2, -0.15) is 4.31 Å². The topological polar surface area (TPSA) is 66.5 Å². The molecule has 154 valence electrons. The summed E-state index contributed by atoms with van der Waals surface area (Å²) in [6.45, 7) is 13.1. The lowest BCUT2D eigenvalue weighted by Crippen LogP contribution is -2.47. The summed E-state index contributed by atoms with van der Waals surface area (Å²) in [6, 6.07) is 6.12. The highest BCUT2D eigenvalue weighted by atomic mass is 32.2. The van der Waals surface area contributed by atoms with Crippen molar-refractivity contribution in [3.8, 4) is 0 Å². The van der Waals surface area contributed by atoms with E-state index in [1.54, 1.807) is 24.3 Å². The lowest BCUT2D eigenvalue weighted by atomic mass is 9.97. The summed E-state index contributed by atoms with van der Waals surface area (Å²) in [4.78, 5) is 13.1. The van der Waals surface area contributed by atoms with Gasteiger partial charge in [0.15, 0.2) is 5.78 Å². The Bertz CT molecular complexity index is 685. The molecule has 1 unspecified atom stereocenters. The molecule has 0 radical (unpaired) electrons. The van der Waals surface area contributed by atoms with Crippen LogP contribution in [0.4, 0.5) is 0 Å². The average Bonchev–Trinajstić information content (AvgIpc) is 2.59. The molecule has 0 spiro atoms. The Morgan fingerprint density at radius 3 is 1.93 bits per heavy atom. The number of nitrogens with zero attached hydrogens (tertiary/aromatic N) is 1. The number of carbonyl (C=O) groups is 1. The van der Waals surface area contributed by atoms with Crippen LogP contribution in [0.3, 0.4) is 0 Å². The number of benzene rings is 1. The second-order valence-electron chi connectivity index (χ2n) is 8.03. The zero-order valence-corrected chi connectivity index (χ0v) is 18.5. The van der Waals surface area contributed by atoms with Crippen LogP contribution < -0.4 is 5.32 Å². The number of ketones is 1. The standard InChI is InChI=1S/C21H36N2O3S/c1-7-10-19(22-21(4,5)6)20(24)17-11-13-18(14-12-17)27(25,26)23(15-8-2)16-9-3/h11-14,19,22H,7-10,15-16H2,1-6H3. The monoisotopic (exact) mass is 396 g/mol. The van der Waals surface area contributed by atoms with Crippen molar-refractivity contribution in [2.75, 3.05) is 13.1 Å². The summed E-state index contributed by atoms with van der Waals surface area (Å²) in [5.41, 5.74) is 0.376. The van der Waals surface area contributed by atoms with Crippen LogP contribution in [-0.4, -0.2) is 43.2 Å². The fourth-order valence-electron chi connectivity index (χ4n) is 3.07. The maximum absolute atomic E-state index is 12.9. The van der Waals surface area contributed by atoms with E-state index in [0.29, 0.717) is 18.7 Å². The maximum atomic E-state index is 12.9. The maximum Gasteiger partial charge on any atom is 0.243 e. The molecular weight excluding hydrogens is 360 g/mol. The first kappa shape index (κ1) is 23.8. The average molecular weight is 397 g/mol. The molecule has 0 heterocycles. The molecule has 0 amide bonds. The van der Waals surface area contributed by atoms with Crippen molar-refractivity contribution >= 4 is 15.8 Å². The quantitative estimate of drug-likeness (QED) is 0.568. The van der Waals surface area contributed by atoms with Crippen LogP contribution in [-0.2, 0) is 10.0 Å². The van der Waals surface area contributed by atoms with Gasteiger partial charge in [-0.1, -0.05) is 39.3 Å². The highest BCUT2D eigenvalue weighted by Gasteiger charge is 2.26. The summed E-state index contributed by atoms with van der Waals surface area (Å²) in [5, 5.41) is 3.38. The first-order valence-electron chi connectivity index (χ1n) is 9.98. The summed E-state index contributed by atoms with van der Waals surface area (Å²) in [7, 11) is -3.52. The van der Waals surface area contributed by atoms with Gasteiger partial charge in [0.25, 0.3) is 0 Å². The molecule has 27 heavy (non-hydrogen) atoms. The second-order valence-corrected chi connectivity index (χ2v) is 9.97. The molecule has 1 atom stereocenters. The van der Waals surface area contributed by atoms with E-state index in [0.717, 1.165) is 25.7 Å². The summed E-state index contributed by atoms with van der Waals surface area (Å²) >= 11 is 0. The third-order valence-corrected chi connectivity index (χ3v) is 6.14. The number of hydrogen-bond acceptors (Lipinski definition) is 4. The van der Waals surface area contributed by atoms with Crippen molar-refractivity contribution in [1.82, 2.24) is 9.62 Å². The van der Waals surface area contributed by atoms with Crippen molar-refractivity contribution in [2.24, 2.45) is 0 Å². The number of sulfonamides is 1. The smallest absolute Gasteiger partial charge is 0.243 e. The molecule has 0 aliphatic rings. The third kappa shape index (κ3) is 7.01. The van der Waals surface area contributed by atoms with E-state index < -0.39 is 10.0 Å². The van der Waals surface area contributed by atoms with Gasteiger partial charge < -0.3 is 5.32 Å². The van der Waals surface area contributed by atoms with E-state index >= 15 is 0 Å². The van der Waals surface area contributed by atoms with Gasteiger partial charge in [0.1, 0.15) is 0 Å². The minimum absolute atomic E-state index is 0.00898. The molecule has 1 aromatic rings. The zero-order chi connectivity index (χ0) is 20.7. The molecule has 0 aliphatic heterocycles. The molecule has 0 aliphatic carbocycles. The van der Waals surface area contributed by atoms with Gasteiger partial charge in [0.2, 0.25) is 10.0 Å². The highest BCUT2D eigenvalue weighted by Crippen LogP contribution is 2.19. The fourth-order valence-corrected chi connectivity index (χ4v) is 4.70. The van der Waals surface area contributed by atoms with Crippen LogP contribution >= 0.6 is 0 Å². The largest absolute Gasteiger partial charge is 0.302 e. The molecular formula is C21H36N2O3S. The Labute approximate surface area is 165 Å². The van der Waals surface area contributed by atoms with Gasteiger partial charge >= 0.3 is 0 Å². The van der Waals surface area contributed by atoms with Gasteiger partial charge in [-0.05, 0) is 52.2 Å². The summed E-state index contributed by atoms with van der Waals surface area (Å²) in [6.07, 6.45) is 3.19. The van der Waals surface area contributed by atoms with E-state index in [1.165, 1.54) is 4.31 Å². The van der Waals surface area contributed by atoms with Crippen LogP contribution in [0.5, 0.6) is 0 Å². The first-order valence-corrected chi connectivity index (χ1v) is 11.4. The SMILES string of the molecule is CCCC(NC(C)(C)C)C(=O)c1ccc(S(=O)(=O)N(CCC)CCC)cc1.